The highest BCUT2D eigenvalue weighted by Gasteiger charge is 2.10. The third kappa shape index (κ3) is 1.47. The molecule has 0 atom stereocenters. The maximum absolute atomic E-state index is 11.5. The zero-order chi connectivity index (χ0) is 11.0. The normalized spacial score (nSPS) is 10.5. The molecule has 0 aliphatic rings. The van der Waals surface area contributed by atoms with E-state index in [0.717, 1.165) is 0 Å². The standard InChI is InChI=1S/C8H10N6O/c1-14(2)5(9)7-12-6-4(8(15)13-7)10-3-11-6/h3,9H,1-2H3,(H2,10,11,12,13,15). The summed E-state index contributed by atoms with van der Waals surface area (Å²) < 4.78 is 0. The Morgan fingerprint density at radius 1 is 1.53 bits per heavy atom. The number of hydrogen-bond acceptors (Lipinski definition) is 4. The Balaban J connectivity index is 2.64. The summed E-state index contributed by atoms with van der Waals surface area (Å²) in [7, 11) is 3.41. The fourth-order valence-electron chi connectivity index (χ4n) is 1.17. The van der Waals surface area contributed by atoms with Crippen LogP contribution in [0, 0.1) is 5.41 Å². The van der Waals surface area contributed by atoms with Gasteiger partial charge >= 0.3 is 0 Å². The van der Waals surface area contributed by atoms with Gasteiger partial charge in [-0.05, 0) is 0 Å². The number of hydrogen-bond donors (Lipinski definition) is 3. The summed E-state index contributed by atoms with van der Waals surface area (Å²) in [6.45, 7) is 0. The molecule has 7 heteroatoms. The SMILES string of the molecule is CN(C)C(=N)c1nc2nc[nH]c2c(=O)[nH]1. The molecule has 0 spiro atoms. The van der Waals surface area contributed by atoms with Crippen molar-refractivity contribution in [3.63, 3.8) is 0 Å². The van der Waals surface area contributed by atoms with E-state index >= 15 is 0 Å². The number of nitrogens with one attached hydrogen (secondary N) is 3. The predicted molar refractivity (Wildman–Crippen MR) is 55.0 cm³/mol. The molecule has 0 radical (unpaired) electrons. The Labute approximate surface area is 84.7 Å². The zero-order valence-corrected chi connectivity index (χ0v) is 8.33. The van der Waals surface area contributed by atoms with Crippen LogP contribution in [-0.4, -0.2) is 44.8 Å². The van der Waals surface area contributed by atoms with Crippen molar-refractivity contribution < 1.29 is 0 Å². The van der Waals surface area contributed by atoms with Crippen molar-refractivity contribution in [3.8, 4) is 0 Å². The average molecular weight is 206 g/mol. The molecule has 0 saturated carbocycles. The minimum Gasteiger partial charge on any atom is -0.360 e. The van der Waals surface area contributed by atoms with Gasteiger partial charge in [0.15, 0.2) is 22.8 Å². The van der Waals surface area contributed by atoms with Crippen LogP contribution in [0.25, 0.3) is 11.2 Å². The minimum atomic E-state index is -0.320. The lowest BCUT2D eigenvalue weighted by Gasteiger charge is -2.11. The van der Waals surface area contributed by atoms with Gasteiger partial charge < -0.3 is 14.9 Å². The number of aromatic amines is 2. The van der Waals surface area contributed by atoms with E-state index in [1.807, 2.05) is 0 Å². The summed E-state index contributed by atoms with van der Waals surface area (Å²) in [6, 6.07) is 0. The summed E-state index contributed by atoms with van der Waals surface area (Å²) in [5, 5.41) is 7.66. The molecular formula is C8H10N6O. The molecule has 0 fully saturated rings. The Morgan fingerprint density at radius 2 is 2.27 bits per heavy atom. The molecule has 0 unspecified atom stereocenters. The van der Waals surface area contributed by atoms with Crippen molar-refractivity contribution in [2.24, 2.45) is 0 Å². The van der Waals surface area contributed by atoms with Crippen LogP contribution in [0.5, 0.6) is 0 Å². The molecule has 15 heavy (non-hydrogen) atoms. The fourth-order valence-corrected chi connectivity index (χ4v) is 1.17. The van der Waals surface area contributed by atoms with Crippen LogP contribution in [0.4, 0.5) is 0 Å². The van der Waals surface area contributed by atoms with E-state index in [0.29, 0.717) is 11.2 Å². The van der Waals surface area contributed by atoms with E-state index < -0.39 is 0 Å². The van der Waals surface area contributed by atoms with Gasteiger partial charge in [0.2, 0.25) is 0 Å². The van der Waals surface area contributed by atoms with Gasteiger partial charge in [-0.25, -0.2) is 9.97 Å². The van der Waals surface area contributed by atoms with E-state index in [4.69, 9.17) is 5.41 Å². The molecule has 0 aromatic carbocycles. The van der Waals surface area contributed by atoms with Crippen LogP contribution in [0.2, 0.25) is 0 Å². The van der Waals surface area contributed by atoms with Crippen LogP contribution in [0.1, 0.15) is 5.82 Å². The average Bonchev–Trinajstić information content (AvgIpc) is 2.64. The smallest absolute Gasteiger partial charge is 0.277 e. The predicted octanol–water partition coefficient (Wildman–Crippen LogP) is -0.467. The molecule has 2 heterocycles. The van der Waals surface area contributed by atoms with Gasteiger partial charge in [0.1, 0.15) is 0 Å². The summed E-state index contributed by atoms with van der Waals surface area (Å²) in [4.78, 5) is 26.2. The first-order valence-electron chi connectivity index (χ1n) is 4.29. The van der Waals surface area contributed by atoms with Gasteiger partial charge in [-0.1, -0.05) is 0 Å². The Bertz CT molecular complexity index is 566. The van der Waals surface area contributed by atoms with E-state index in [-0.39, 0.29) is 17.2 Å². The topological polar surface area (TPSA) is 102 Å². The largest absolute Gasteiger partial charge is 0.360 e. The lowest BCUT2D eigenvalue weighted by molar-refractivity contribution is 0.613. The number of imidazole rings is 1. The van der Waals surface area contributed by atoms with E-state index in [1.54, 1.807) is 19.0 Å². The van der Waals surface area contributed by atoms with E-state index in [9.17, 15) is 4.79 Å². The molecule has 3 N–H and O–H groups in total. The Morgan fingerprint density at radius 3 is 2.93 bits per heavy atom. The molecule has 0 bridgehead atoms. The van der Waals surface area contributed by atoms with Gasteiger partial charge in [-0.15, -0.1) is 0 Å². The molecule has 2 aromatic rings. The van der Waals surface area contributed by atoms with Crippen molar-refractivity contribution >= 4 is 17.0 Å². The van der Waals surface area contributed by atoms with Gasteiger partial charge in [0.05, 0.1) is 6.33 Å². The van der Waals surface area contributed by atoms with E-state index in [1.165, 1.54) is 6.33 Å². The highest BCUT2D eigenvalue weighted by atomic mass is 16.1. The molecule has 0 aliphatic carbocycles. The summed E-state index contributed by atoms with van der Waals surface area (Å²) >= 11 is 0. The van der Waals surface area contributed by atoms with Crippen molar-refractivity contribution in [1.82, 2.24) is 24.8 Å². The monoisotopic (exact) mass is 206 g/mol. The number of nitrogens with zero attached hydrogens (tertiary/aromatic N) is 3. The lowest BCUT2D eigenvalue weighted by atomic mass is 10.4. The first kappa shape index (κ1) is 9.38. The second kappa shape index (κ2) is 3.19. The number of amidine groups is 1. The Kier molecular flexibility index (Phi) is 2.00. The molecule has 0 aliphatic heterocycles. The summed E-state index contributed by atoms with van der Waals surface area (Å²) in [6.07, 6.45) is 1.40. The Hall–Kier alpha value is -2.18. The molecule has 0 saturated heterocycles. The highest BCUT2D eigenvalue weighted by molar-refractivity contribution is 5.93. The third-order valence-corrected chi connectivity index (χ3v) is 1.97. The highest BCUT2D eigenvalue weighted by Crippen LogP contribution is 2.00. The first-order chi connectivity index (χ1) is 7.09. The third-order valence-electron chi connectivity index (χ3n) is 1.97. The van der Waals surface area contributed by atoms with Gasteiger partial charge in [0, 0.05) is 14.1 Å². The summed E-state index contributed by atoms with van der Waals surface area (Å²) in [5.41, 5.74) is 0.324. The van der Waals surface area contributed by atoms with Crippen LogP contribution < -0.4 is 5.56 Å². The van der Waals surface area contributed by atoms with Crippen molar-refractivity contribution in [2.45, 2.75) is 0 Å². The molecule has 2 aromatic heterocycles. The molecule has 0 amide bonds. The maximum atomic E-state index is 11.5. The minimum absolute atomic E-state index is 0.136. The second-order valence-electron chi connectivity index (χ2n) is 3.26. The number of aromatic nitrogens is 4. The van der Waals surface area contributed by atoms with Gasteiger partial charge in [-0.2, -0.15) is 0 Å². The molecule has 78 valence electrons. The second-order valence-corrected chi connectivity index (χ2v) is 3.26. The maximum Gasteiger partial charge on any atom is 0.277 e. The lowest BCUT2D eigenvalue weighted by Crippen LogP contribution is -2.26. The first-order valence-corrected chi connectivity index (χ1v) is 4.29. The molecule has 2 rings (SSSR count). The van der Waals surface area contributed by atoms with Crippen LogP contribution in [-0.2, 0) is 0 Å². The number of H-pyrrole nitrogens is 2. The van der Waals surface area contributed by atoms with Gasteiger partial charge in [0.25, 0.3) is 5.56 Å². The quantitative estimate of drug-likeness (QED) is 0.433. The number of fused-ring (bicyclic) bond motifs is 1. The van der Waals surface area contributed by atoms with Crippen LogP contribution in [0.3, 0.4) is 0 Å². The van der Waals surface area contributed by atoms with Crippen molar-refractivity contribution in [2.75, 3.05) is 14.1 Å². The van der Waals surface area contributed by atoms with Crippen LogP contribution in [0.15, 0.2) is 11.1 Å². The van der Waals surface area contributed by atoms with Crippen molar-refractivity contribution in [1.29, 1.82) is 5.41 Å². The fraction of sp³-hybridized carbons (Fsp3) is 0.250. The molecule has 7 nitrogen and oxygen atoms in total. The van der Waals surface area contributed by atoms with E-state index in [2.05, 4.69) is 19.9 Å². The molecular weight excluding hydrogens is 196 g/mol. The van der Waals surface area contributed by atoms with Crippen molar-refractivity contribution in [3.05, 3.63) is 22.5 Å². The van der Waals surface area contributed by atoms with Gasteiger partial charge in [-0.3, -0.25) is 10.2 Å². The number of rotatable bonds is 1. The van der Waals surface area contributed by atoms with Crippen LogP contribution >= 0.6 is 0 Å². The zero-order valence-electron chi connectivity index (χ0n) is 8.33. The summed E-state index contributed by atoms with van der Waals surface area (Å²) in [5.74, 6) is 0.349.